The molecular formula is C15H25ClN2O3. The van der Waals surface area contributed by atoms with Crippen LogP contribution in [0.4, 0.5) is 0 Å². The maximum atomic E-state index is 11.9. The first-order valence-corrected chi connectivity index (χ1v) is 6.69. The van der Waals surface area contributed by atoms with Gasteiger partial charge in [-0.05, 0) is 25.0 Å². The first-order chi connectivity index (χ1) is 9.41. The molecule has 1 unspecified atom stereocenters. The highest BCUT2D eigenvalue weighted by Crippen LogP contribution is 2.19. The van der Waals surface area contributed by atoms with Crippen LogP contribution in [0.3, 0.4) is 0 Å². The van der Waals surface area contributed by atoms with E-state index >= 15 is 0 Å². The molecule has 3 N–H and O–H groups in total. The summed E-state index contributed by atoms with van der Waals surface area (Å²) in [6.07, 6.45) is 0. The maximum Gasteiger partial charge on any atom is 0.258 e. The number of halogens is 1. The van der Waals surface area contributed by atoms with E-state index in [-0.39, 0.29) is 30.8 Å². The quantitative estimate of drug-likeness (QED) is 0.807. The summed E-state index contributed by atoms with van der Waals surface area (Å²) in [5.74, 6) is 1.35. The SMILES string of the molecule is COc1cccc(OCC(=O)NC(C)(CN)C(C)C)c1.Cl. The molecule has 0 saturated heterocycles. The van der Waals surface area contributed by atoms with Gasteiger partial charge < -0.3 is 20.5 Å². The van der Waals surface area contributed by atoms with Gasteiger partial charge in [-0.15, -0.1) is 12.4 Å². The summed E-state index contributed by atoms with van der Waals surface area (Å²) in [6.45, 7) is 6.32. The average molecular weight is 317 g/mol. The zero-order chi connectivity index (χ0) is 15.2. The summed E-state index contributed by atoms with van der Waals surface area (Å²) >= 11 is 0. The molecule has 0 aliphatic rings. The van der Waals surface area contributed by atoms with E-state index in [1.54, 1.807) is 19.2 Å². The second-order valence-corrected chi connectivity index (χ2v) is 5.29. The lowest BCUT2D eigenvalue weighted by Gasteiger charge is -2.33. The number of ether oxygens (including phenoxy) is 2. The third-order valence-electron chi connectivity index (χ3n) is 3.53. The van der Waals surface area contributed by atoms with Gasteiger partial charge in [0.05, 0.1) is 12.6 Å². The number of methoxy groups -OCH3 is 1. The van der Waals surface area contributed by atoms with Gasteiger partial charge in [-0.25, -0.2) is 0 Å². The number of hydrogen-bond donors (Lipinski definition) is 2. The van der Waals surface area contributed by atoms with E-state index in [0.717, 1.165) is 0 Å². The largest absolute Gasteiger partial charge is 0.497 e. The van der Waals surface area contributed by atoms with Crippen molar-refractivity contribution >= 4 is 18.3 Å². The van der Waals surface area contributed by atoms with Crippen LogP contribution in [0.1, 0.15) is 20.8 Å². The lowest BCUT2D eigenvalue weighted by Crippen LogP contribution is -2.56. The average Bonchev–Trinajstić information content (AvgIpc) is 2.45. The monoisotopic (exact) mass is 316 g/mol. The zero-order valence-corrected chi connectivity index (χ0v) is 13.8. The van der Waals surface area contributed by atoms with Gasteiger partial charge in [0.15, 0.2) is 6.61 Å². The van der Waals surface area contributed by atoms with E-state index in [1.165, 1.54) is 0 Å². The molecule has 0 saturated carbocycles. The van der Waals surface area contributed by atoms with Crippen LogP contribution in [0, 0.1) is 5.92 Å². The minimum absolute atomic E-state index is 0. The number of carbonyl (C=O) groups is 1. The Labute approximate surface area is 132 Å². The van der Waals surface area contributed by atoms with E-state index in [1.807, 2.05) is 32.9 Å². The summed E-state index contributed by atoms with van der Waals surface area (Å²) in [4.78, 5) is 11.9. The number of hydrogen-bond acceptors (Lipinski definition) is 4. The minimum Gasteiger partial charge on any atom is -0.497 e. The molecule has 1 aromatic carbocycles. The number of amides is 1. The van der Waals surface area contributed by atoms with Gasteiger partial charge in [0.1, 0.15) is 11.5 Å². The highest BCUT2D eigenvalue weighted by molar-refractivity contribution is 5.85. The van der Waals surface area contributed by atoms with Gasteiger partial charge in [0, 0.05) is 12.6 Å². The molecule has 0 spiro atoms. The predicted octanol–water partition coefficient (Wildman–Crippen LogP) is 1.99. The van der Waals surface area contributed by atoms with Crippen molar-refractivity contribution in [2.75, 3.05) is 20.3 Å². The molecule has 0 aromatic heterocycles. The fourth-order valence-electron chi connectivity index (χ4n) is 1.63. The van der Waals surface area contributed by atoms with Crippen molar-refractivity contribution in [2.24, 2.45) is 11.7 Å². The Balaban J connectivity index is 0.00000400. The van der Waals surface area contributed by atoms with E-state index in [4.69, 9.17) is 15.2 Å². The number of rotatable bonds is 7. The Morgan fingerprint density at radius 2 is 2.00 bits per heavy atom. The van der Waals surface area contributed by atoms with Crippen LogP contribution in [0.5, 0.6) is 11.5 Å². The predicted molar refractivity (Wildman–Crippen MR) is 86.2 cm³/mol. The van der Waals surface area contributed by atoms with Crippen LogP contribution >= 0.6 is 12.4 Å². The summed E-state index contributed by atoms with van der Waals surface area (Å²) < 4.78 is 10.5. The van der Waals surface area contributed by atoms with E-state index in [2.05, 4.69) is 5.32 Å². The Bertz CT molecular complexity index is 454. The van der Waals surface area contributed by atoms with Crippen molar-refractivity contribution < 1.29 is 14.3 Å². The van der Waals surface area contributed by atoms with Crippen LogP contribution < -0.4 is 20.5 Å². The van der Waals surface area contributed by atoms with Crippen molar-refractivity contribution in [1.29, 1.82) is 0 Å². The molecule has 1 atom stereocenters. The Morgan fingerprint density at radius 1 is 1.38 bits per heavy atom. The molecule has 0 bridgehead atoms. The van der Waals surface area contributed by atoms with Gasteiger partial charge in [-0.1, -0.05) is 19.9 Å². The van der Waals surface area contributed by atoms with Crippen molar-refractivity contribution in [3.8, 4) is 11.5 Å². The standard InChI is InChI=1S/C15H24N2O3.ClH/c1-11(2)15(3,10-16)17-14(18)9-20-13-7-5-6-12(8-13)19-4;/h5-8,11H,9-10,16H2,1-4H3,(H,17,18);1H. The Hall–Kier alpha value is -1.46. The van der Waals surface area contributed by atoms with E-state index < -0.39 is 5.54 Å². The smallest absolute Gasteiger partial charge is 0.258 e. The molecule has 1 amide bonds. The van der Waals surface area contributed by atoms with Crippen molar-refractivity contribution in [3.63, 3.8) is 0 Å². The van der Waals surface area contributed by atoms with Crippen LogP contribution in [0.25, 0.3) is 0 Å². The van der Waals surface area contributed by atoms with Gasteiger partial charge in [-0.3, -0.25) is 4.79 Å². The number of nitrogens with one attached hydrogen (secondary N) is 1. The molecule has 5 nitrogen and oxygen atoms in total. The maximum absolute atomic E-state index is 11.9. The number of carbonyl (C=O) groups excluding carboxylic acids is 1. The van der Waals surface area contributed by atoms with E-state index in [9.17, 15) is 4.79 Å². The topological polar surface area (TPSA) is 73.6 Å². The minimum atomic E-state index is -0.422. The molecular weight excluding hydrogens is 292 g/mol. The van der Waals surface area contributed by atoms with Crippen LogP contribution in [-0.2, 0) is 4.79 Å². The Morgan fingerprint density at radius 3 is 2.52 bits per heavy atom. The summed E-state index contributed by atoms with van der Waals surface area (Å²) in [5, 5.41) is 2.92. The highest BCUT2D eigenvalue weighted by Gasteiger charge is 2.28. The molecule has 0 fully saturated rings. The highest BCUT2D eigenvalue weighted by atomic mass is 35.5. The van der Waals surface area contributed by atoms with E-state index in [0.29, 0.717) is 18.0 Å². The first-order valence-electron chi connectivity index (χ1n) is 6.69. The molecule has 1 aromatic rings. The van der Waals surface area contributed by atoms with Crippen molar-refractivity contribution in [1.82, 2.24) is 5.32 Å². The number of nitrogens with two attached hydrogens (primary N) is 1. The van der Waals surface area contributed by atoms with Crippen LogP contribution in [-0.4, -0.2) is 31.7 Å². The van der Waals surface area contributed by atoms with Crippen LogP contribution in [0.15, 0.2) is 24.3 Å². The molecule has 0 radical (unpaired) electrons. The second-order valence-electron chi connectivity index (χ2n) is 5.29. The fourth-order valence-corrected chi connectivity index (χ4v) is 1.63. The fraction of sp³-hybridized carbons (Fsp3) is 0.533. The molecule has 0 heterocycles. The third-order valence-corrected chi connectivity index (χ3v) is 3.53. The first kappa shape index (κ1) is 19.5. The van der Waals surface area contributed by atoms with Gasteiger partial charge in [-0.2, -0.15) is 0 Å². The van der Waals surface area contributed by atoms with Crippen molar-refractivity contribution in [3.05, 3.63) is 24.3 Å². The Kier molecular flexibility index (Phi) is 8.14. The summed E-state index contributed by atoms with van der Waals surface area (Å²) in [6, 6.07) is 7.14. The molecule has 6 heteroatoms. The second kappa shape index (κ2) is 8.74. The zero-order valence-electron chi connectivity index (χ0n) is 13.0. The third kappa shape index (κ3) is 5.81. The van der Waals surface area contributed by atoms with Crippen molar-refractivity contribution in [2.45, 2.75) is 26.3 Å². The summed E-state index contributed by atoms with van der Waals surface area (Å²) in [7, 11) is 1.58. The van der Waals surface area contributed by atoms with Gasteiger partial charge in [0.25, 0.3) is 5.91 Å². The normalized spacial score (nSPS) is 13.0. The van der Waals surface area contributed by atoms with Gasteiger partial charge in [0.2, 0.25) is 0 Å². The molecule has 1 rings (SSSR count). The molecule has 0 aliphatic carbocycles. The summed E-state index contributed by atoms with van der Waals surface area (Å²) in [5.41, 5.74) is 5.31. The van der Waals surface area contributed by atoms with Gasteiger partial charge >= 0.3 is 0 Å². The molecule has 120 valence electrons. The lowest BCUT2D eigenvalue weighted by molar-refractivity contribution is -0.125. The lowest BCUT2D eigenvalue weighted by atomic mass is 9.88. The van der Waals surface area contributed by atoms with Crippen LogP contribution in [0.2, 0.25) is 0 Å². The molecule has 21 heavy (non-hydrogen) atoms. The number of benzene rings is 1. The molecule has 0 aliphatic heterocycles.